The Morgan fingerprint density at radius 3 is 1.96 bits per heavy atom. The van der Waals surface area contributed by atoms with Gasteiger partial charge in [-0.3, -0.25) is 4.79 Å². The van der Waals surface area contributed by atoms with Crippen LogP contribution in [-0.2, 0) is 13.6 Å². The van der Waals surface area contributed by atoms with Crippen LogP contribution in [0.15, 0.2) is 0 Å². The highest BCUT2D eigenvalue weighted by atomic mass is 28.4. The predicted molar refractivity (Wildman–Crippen MR) is 117 cm³/mol. The topological polar surface area (TPSA) is 67.8 Å². The lowest BCUT2D eigenvalue weighted by Crippen LogP contribution is -2.59. The second-order valence-electron chi connectivity index (χ2n) is 11.1. The Kier molecular flexibility index (Phi) is 7.95. The van der Waals surface area contributed by atoms with Crippen molar-refractivity contribution in [2.24, 2.45) is 0 Å². The van der Waals surface area contributed by atoms with Gasteiger partial charge in [-0.1, -0.05) is 41.5 Å². The minimum absolute atomic E-state index is 0.00483. The second-order valence-corrected chi connectivity index (χ2v) is 20.7. The van der Waals surface area contributed by atoms with Crippen molar-refractivity contribution in [3.63, 3.8) is 0 Å². The Morgan fingerprint density at radius 2 is 1.52 bits per heavy atom. The first-order valence-corrected chi connectivity index (χ1v) is 16.1. The van der Waals surface area contributed by atoms with Crippen molar-refractivity contribution in [1.29, 1.82) is 0 Å². The summed E-state index contributed by atoms with van der Waals surface area (Å²) in [4.78, 5) is 11.2. The van der Waals surface area contributed by atoms with Gasteiger partial charge < -0.3 is 19.3 Å². The Balaban J connectivity index is 2.92. The summed E-state index contributed by atoms with van der Waals surface area (Å²) in [5.41, 5.74) is 0. The number of carboxylic acids is 1. The lowest BCUT2D eigenvalue weighted by atomic mass is 9.94. The van der Waals surface area contributed by atoms with Gasteiger partial charge in [-0.05, 0) is 49.1 Å². The first-order valence-electron chi connectivity index (χ1n) is 10.3. The molecule has 0 aromatic rings. The number of hydrogen-bond acceptors (Lipinski definition) is 4. The average molecular weight is 418 g/mol. The van der Waals surface area contributed by atoms with Gasteiger partial charge in [0, 0.05) is 6.04 Å². The Hall–Kier alpha value is -0.216. The average Bonchev–Trinajstić information content (AvgIpc) is 2.44. The quantitative estimate of drug-likeness (QED) is 0.571. The van der Waals surface area contributed by atoms with Crippen LogP contribution in [0.25, 0.3) is 0 Å². The third-order valence-corrected chi connectivity index (χ3v) is 15.8. The van der Waals surface area contributed by atoms with Crippen molar-refractivity contribution in [2.45, 2.75) is 115 Å². The van der Waals surface area contributed by atoms with Crippen LogP contribution in [0.4, 0.5) is 0 Å². The Morgan fingerprint density at radius 1 is 1.00 bits per heavy atom. The molecular weight excluding hydrogens is 374 g/mol. The summed E-state index contributed by atoms with van der Waals surface area (Å²) < 4.78 is 13.2. The van der Waals surface area contributed by atoms with Crippen LogP contribution in [0, 0.1) is 0 Å². The molecule has 1 heterocycles. The third-order valence-electron chi connectivity index (χ3n) is 6.80. The highest BCUT2D eigenvalue weighted by Gasteiger charge is 2.44. The van der Waals surface area contributed by atoms with E-state index in [-0.39, 0.29) is 34.7 Å². The zero-order valence-electron chi connectivity index (χ0n) is 19.2. The van der Waals surface area contributed by atoms with Gasteiger partial charge in [0.05, 0.1) is 25.2 Å². The molecule has 2 N–H and O–H groups in total. The summed E-state index contributed by atoms with van der Waals surface area (Å²) in [5.74, 6) is -0.750. The normalized spacial score (nSPS) is 25.5. The van der Waals surface area contributed by atoms with Gasteiger partial charge in [0.2, 0.25) is 0 Å². The molecule has 0 aliphatic carbocycles. The molecule has 7 heteroatoms. The summed E-state index contributed by atoms with van der Waals surface area (Å²) in [5, 5.41) is 13.0. The van der Waals surface area contributed by atoms with E-state index in [0.717, 1.165) is 12.8 Å². The molecule has 0 bridgehead atoms. The fourth-order valence-electron chi connectivity index (χ4n) is 2.80. The first-order chi connectivity index (χ1) is 12.0. The van der Waals surface area contributed by atoms with Crippen molar-refractivity contribution < 1.29 is 18.8 Å². The number of aliphatic carboxylic acids is 1. The maximum atomic E-state index is 11.2. The van der Waals surface area contributed by atoms with Crippen LogP contribution in [0.5, 0.6) is 0 Å². The molecule has 0 spiro atoms. The molecule has 0 amide bonds. The van der Waals surface area contributed by atoms with Crippen LogP contribution in [0.1, 0.15) is 60.8 Å². The molecule has 0 saturated carbocycles. The van der Waals surface area contributed by atoms with Crippen LogP contribution in [0.3, 0.4) is 0 Å². The molecular formula is C20H43NO4Si2. The van der Waals surface area contributed by atoms with Crippen molar-refractivity contribution in [3.8, 4) is 0 Å². The maximum Gasteiger partial charge on any atom is 0.304 e. The SMILES string of the molecule is CC(C)(C)[Si](C)(C)OC[C@H]1N[C@@H](CC(=O)O)CC[C@H]1O[Si](C)(C)C(C)(C)C. The zero-order valence-corrected chi connectivity index (χ0v) is 21.2. The van der Waals surface area contributed by atoms with Gasteiger partial charge in [0.1, 0.15) is 0 Å². The smallest absolute Gasteiger partial charge is 0.304 e. The minimum atomic E-state index is -1.90. The van der Waals surface area contributed by atoms with Gasteiger partial charge in [-0.15, -0.1) is 0 Å². The number of carboxylic acid groups (broad SMARTS) is 1. The first kappa shape index (κ1) is 24.8. The van der Waals surface area contributed by atoms with Gasteiger partial charge in [0.25, 0.3) is 0 Å². The van der Waals surface area contributed by atoms with Gasteiger partial charge >= 0.3 is 5.97 Å². The number of hydrogen-bond donors (Lipinski definition) is 2. The molecule has 160 valence electrons. The molecule has 3 atom stereocenters. The predicted octanol–water partition coefficient (Wildman–Crippen LogP) is 4.99. The van der Waals surface area contributed by atoms with Crippen LogP contribution < -0.4 is 5.32 Å². The van der Waals surface area contributed by atoms with E-state index >= 15 is 0 Å². The van der Waals surface area contributed by atoms with E-state index in [2.05, 4.69) is 73.0 Å². The van der Waals surface area contributed by atoms with Gasteiger partial charge in [-0.2, -0.15) is 0 Å². The molecule has 1 saturated heterocycles. The molecule has 0 aromatic carbocycles. The van der Waals surface area contributed by atoms with Crippen molar-refractivity contribution in [3.05, 3.63) is 0 Å². The molecule has 1 aliphatic heterocycles. The number of rotatable bonds is 7. The summed E-state index contributed by atoms with van der Waals surface area (Å²) in [6.45, 7) is 23.1. The van der Waals surface area contributed by atoms with Crippen LogP contribution in [0.2, 0.25) is 36.3 Å². The van der Waals surface area contributed by atoms with Crippen molar-refractivity contribution in [1.82, 2.24) is 5.32 Å². The number of carbonyl (C=O) groups is 1. The van der Waals surface area contributed by atoms with Gasteiger partial charge in [0.15, 0.2) is 16.6 Å². The molecule has 5 nitrogen and oxygen atoms in total. The van der Waals surface area contributed by atoms with Crippen LogP contribution in [-0.4, -0.2) is 52.5 Å². The van der Waals surface area contributed by atoms with E-state index in [4.69, 9.17) is 8.85 Å². The molecule has 1 aliphatic rings. The van der Waals surface area contributed by atoms with E-state index in [1.807, 2.05) is 0 Å². The molecule has 0 radical (unpaired) electrons. The minimum Gasteiger partial charge on any atom is -0.481 e. The molecule has 0 aromatic heterocycles. The van der Waals surface area contributed by atoms with E-state index in [0.29, 0.717) is 6.61 Å². The summed E-state index contributed by atoms with van der Waals surface area (Å²) >= 11 is 0. The maximum absolute atomic E-state index is 11.2. The largest absolute Gasteiger partial charge is 0.481 e. The lowest BCUT2D eigenvalue weighted by molar-refractivity contribution is -0.138. The lowest BCUT2D eigenvalue weighted by Gasteiger charge is -2.46. The fraction of sp³-hybridized carbons (Fsp3) is 0.950. The Labute approximate surface area is 168 Å². The molecule has 0 unspecified atom stereocenters. The van der Waals surface area contributed by atoms with E-state index < -0.39 is 22.6 Å². The Bertz CT molecular complexity index is 509. The highest BCUT2D eigenvalue weighted by Crippen LogP contribution is 2.40. The number of nitrogens with one attached hydrogen (secondary N) is 1. The number of piperidine rings is 1. The van der Waals surface area contributed by atoms with Crippen molar-refractivity contribution in [2.75, 3.05) is 6.61 Å². The summed E-state index contributed by atoms with van der Waals surface area (Å²) in [6, 6.07) is 0.0427. The van der Waals surface area contributed by atoms with Crippen LogP contribution >= 0.6 is 0 Å². The van der Waals surface area contributed by atoms with E-state index in [1.165, 1.54) is 0 Å². The summed E-state index contributed by atoms with van der Waals surface area (Å²) in [6.07, 6.45) is 1.97. The fourth-order valence-corrected chi connectivity index (χ4v) is 5.22. The van der Waals surface area contributed by atoms with Crippen molar-refractivity contribution >= 4 is 22.6 Å². The molecule has 1 rings (SSSR count). The standard InChI is InChI=1S/C20H43NO4Si2/c1-19(2,3)26(7,8)24-14-16-17(25-27(9,10)20(4,5)6)12-11-15(21-16)13-18(22)23/h15-17,21H,11-14H2,1-10H3,(H,22,23)/t15-,16-,17-/m1/s1. The third kappa shape index (κ3) is 6.96. The molecule has 1 fully saturated rings. The monoisotopic (exact) mass is 417 g/mol. The molecule has 27 heavy (non-hydrogen) atoms. The van der Waals surface area contributed by atoms with E-state index in [9.17, 15) is 9.90 Å². The highest BCUT2D eigenvalue weighted by molar-refractivity contribution is 6.74. The summed E-state index contributed by atoms with van der Waals surface area (Å²) in [7, 11) is -3.77. The van der Waals surface area contributed by atoms with Gasteiger partial charge in [-0.25, -0.2) is 0 Å². The zero-order chi connectivity index (χ0) is 21.3. The van der Waals surface area contributed by atoms with E-state index in [1.54, 1.807) is 0 Å². The second kappa shape index (κ2) is 8.65.